The number of hydrogen-bond acceptors (Lipinski definition) is 4. The van der Waals surface area contributed by atoms with E-state index in [0.717, 1.165) is 35.3 Å². The number of hydrogen-bond donors (Lipinski definition) is 1. The van der Waals surface area contributed by atoms with Gasteiger partial charge in [0, 0.05) is 5.56 Å². The monoisotopic (exact) mass is 400 g/mol. The fraction of sp³-hybridized carbons (Fsp3) is 0.125. The molecule has 1 heterocycles. The molecule has 1 aliphatic heterocycles. The third-order valence-electron chi connectivity index (χ3n) is 5.11. The molecular formula is C24H20N2O4. The first-order valence-electron chi connectivity index (χ1n) is 9.60. The Hall–Kier alpha value is -3.93. The van der Waals surface area contributed by atoms with Crippen LogP contribution in [-0.4, -0.2) is 24.4 Å². The van der Waals surface area contributed by atoms with E-state index in [1.165, 1.54) is 24.3 Å². The number of fused-ring (bicyclic) bond motifs is 2. The van der Waals surface area contributed by atoms with Crippen molar-refractivity contribution in [2.75, 3.05) is 11.5 Å². The number of primary amides is 1. The maximum atomic E-state index is 13.1. The molecule has 6 nitrogen and oxygen atoms in total. The Balaban J connectivity index is 1.56. The summed E-state index contributed by atoms with van der Waals surface area (Å²) in [7, 11) is 0. The van der Waals surface area contributed by atoms with Crippen molar-refractivity contribution >= 4 is 29.2 Å². The lowest BCUT2D eigenvalue weighted by atomic mass is 10.0. The largest absolute Gasteiger partial charge is 0.452 e. The zero-order valence-corrected chi connectivity index (χ0v) is 16.2. The number of rotatable bonds is 4. The fourth-order valence-electron chi connectivity index (χ4n) is 3.59. The first kappa shape index (κ1) is 19.4. The number of aryl methyl sites for hydroxylation is 2. The second kappa shape index (κ2) is 8.21. The van der Waals surface area contributed by atoms with Crippen LogP contribution in [0.3, 0.4) is 0 Å². The predicted molar refractivity (Wildman–Crippen MR) is 113 cm³/mol. The third kappa shape index (κ3) is 3.80. The summed E-state index contributed by atoms with van der Waals surface area (Å²) in [6, 6.07) is 21.3. The molecule has 0 saturated carbocycles. The van der Waals surface area contributed by atoms with Gasteiger partial charge in [-0.15, -0.1) is 0 Å². The maximum absolute atomic E-state index is 13.1. The Morgan fingerprint density at radius 3 is 1.80 bits per heavy atom. The van der Waals surface area contributed by atoms with Crippen molar-refractivity contribution in [1.29, 1.82) is 0 Å². The first-order valence-corrected chi connectivity index (χ1v) is 9.60. The molecule has 3 aromatic carbocycles. The molecule has 4 rings (SSSR count). The number of nitrogens with zero attached hydrogens (tertiary/aromatic N) is 1. The summed E-state index contributed by atoms with van der Waals surface area (Å²) in [5.41, 5.74) is 9.47. The Kier molecular flexibility index (Phi) is 5.30. The van der Waals surface area contributed by atoms with Gasteiger partial charge in [0.05, 0.1) is 16.9 Å². The van der Waals surface area contributed by atoms with E-state index in [1.807, 2.05) is 48.5 Å². The van der Waals surface area contributed by atoms with Crippen molar-refractivity contribution < 1.29 is 19.1 Å². The van der Waals surface area contributed by atoms with Crippen molar-refractivity contribution in [2.24, 2.45) is 5.73 Å². The van der Waals surface area contributed by atoms with Gasteiger partial charge in [-0.25, -0.2) is 4.79 Å². The van der Waals surface area contributed by atoms with Crippen molar-refractivity contribution in [3.8, 4) is 0 Å². The van der Waals surface area contributed by atoms with E-state index in [4.69, 9.17) is 10.5 Å². The van der Waals surface area contributed by atoms with Gasteiger partial charge in [0.15, 0.2) is 6.61 Å². The maximum Gasteiger partial charge on any atom is 0.338 e. The van der Waals surface area contributed by atoms with E-state index in [-0.39, 0.29) is 11.5 Å². The number of carbonyl (C=O) groups excluding carboxylic acids is 3. The minimum atomic E-state index is -0.643. The van der Waals surface area contributed by atoms with E-state index in [2.05, 4.69) is 0 Å². The van der Waals surface area contributed by atoms with E-state index in [9.17, 15) is 14.4 Å². The van der Waals surface area contributed by atoms with Crippen LogP contribution in [0, 0.1) is 0 Å². The number of esters is 1. The Morgan fingerprint density at radius 1 is 0.767 bits per heavy atom. The summed E-state index contributed by atoms with van der Waals surface area (Å²) in [4.78, 5) is 38.3. The lowest BCUT2D eigenvalue weighted by Crippen LogP contribution is -2.31. The standard InChI is InChI=1S/C24H20N2O4/c25-23(28)18-11-13-19(14-12-18)24(29)30-15-22(27)26-20-7-3-1-5-16(20)9-10-17-6-2-4-8-21(17)26/h1-8,11-14H,9-10,15H2,(H2,25,28). The van der Waals surface area contributed by atoms with E-state index in [1.54, 1.807) is 4.90 Å². The second-order valence-electron chi connectivity index (χ2n) is 7.00. The quantitative estimate of drug-likeness (QED) is 0.680. The Bertz CT molecular complexity index is 1070. The van der Waals surface area contributed by atoms with Gasteiger partial charge in [-0.2, -0.15) is 0 Å². The highest BCUT2D eigenvalue weighted by atomic mass is 16.5. The molecule has 3 aromatic rings. The van der Waals surface area contributed by atoms with Crippen molar-refractivity contribution in [3.63, 3.8) is 0 Å². The van der Waals surface area contributed by atoms with Crippen LogP contribution in [0.4, 0.5) is 11.4 Å². The van der Waals surface area contributed by atoms with Gasteiger partial charge in [-0.05, 0) is 60.4 Å². The summed E-state index contributed by atoms with van der Waals surface area (Å²) in [6.45, 7) is -0.404. The molecule has 0 unspecified atom stereocenters. The van der Waals surface area contributed by atoms with Gasteiger partial charge in [-0.3, -0.25) is 14.5 Å². The van der Waals surface area contributed by atoms with E-state index < -0.39 is 18.5 Å². The van der Waals surface area contributed by atoms with Crippen LogP contribution in [0.1, 0.15) is 31.8 Å². The van der Waals surface area contributed by atoms with Gasteiger partial charge in [0.25, 0.3) is 5.91 Å². The summed E-state index contributed by atoms with van der Waals surface area (Å²) in [6.07, 6.45) is 1.64. The highest BCUT2D eigenvalue weighted by molar-refractivity contribution is 6.04. The van der Waals surface area contributed by atoms with Crippen molar-refractivity contribution in [3.05, 3.63) is 95.1 Å². The Labute approximate surface area is 173 Å². The smallest absolute Gasteiger partial charge is 0.338 e. The zero-order chi connectivity index (χ0) is 21.1. The molecule has 0 aromatic heterocycles. The van der Waals surface area contributed by atoms with Crippen molar-refractivity contribution in [1.82, 2.24) is 0 Å². The lowest BCUT2D eigenvalue weighted by molar-refractivity contribution is -0.120. The molecule has 1 aliphatic rings. The number of para-hydroxylation sites is 2. The third-order valence-corrected chi connectivity index (χ3v) is 5.11. The number of carbonyl (C=O) groups is 3. The van der Waals surface area contributed by atoms with Gasteiger partial charge in [0.1, 0.15) is 0 Å². The molecule has 2 N–H and O–H groups in total. The molecular weight excluding hydrogens is 380 g/mol. The van der Waals surface area contributed by atoms with Gasteiger partial charge in [-0.1, -0.05) is 36.4 Å². The molecule has 0 aliphatic carbocycles. The molecule has 6 heteroatoms. The second-order valence-corrected chi connectivity index (χ2v) is 7.00. The molecule has 0 radical (unpaired) electrons. The van der Waals surface area contributed by atoms with Crippen LogP contribution in [0.2, 0.25) is 0 Å². The van der Waals surface area contributed by atoms with Crippen LogP contribution in [-0.2, 0) is 22.4 Å². The zero-order valence-electron chi connectivity index (χ0n) is 16.2. The summed E-state index contributed by atoms with van der Waals surface area (Å²) in [5, 5.41) is 0. The van der Waals surface area contributed by atoms with Crippen LogP contribution in [0.5, 0.6) is 0 Å². The molecule has 0 bridgehead atoms. The number of anilines is 2. The number of nitrogens with two attached hydrogens (primary N) is 1. The van der Waals surface area contributed by atoms with Gasteiger partial charge < -0.3 is 10.5 Å². The highest BCUT2D eigenvalue weighted by Crippen LogP contribution is 2.35. The van der Waals surface area contributed by atoms with Crippen LogP contribution in [0.15, 0.2) is 72.8 Å². The van der Waals surface area contributed by atoms with E-state index in [0.29, 0.717) is 5.56 Å². The molecule has 0 atom stereocenters. The summed E-state index contributed by atoms with van der Waals surface area (Å²) >= 11 is 0. The van der Waals surface area contributed by atoms with Crippen LogP contribution < -0.4 is 10.6 Å². The number of amides is 2. The van der Waals surface area contributed by atoms with Gasteiger partial charge >= 0.3 is 5.97 Å². The lowest BCUT2D eigenvalue weighted by Gasteiger charge is -2.24. The highest BCUT2D eigenvalue weighted by Gasteiger charge is 2.26. The average molecular weight is 400 g/mol. The molecule has 0 saturated heterocycles. The molecule has 2 amide bonds. The number of benzene rings is 3. The molecule has 30 heavy (non-hydrogen) atoms. The normalized spacial score (nSPS) is 12.3. The summed E-state index contributed by atoms with van der Waals surface area (Å²) < 4.78 is 5.27. The SMILES string of the molecule is NC(=O)c1ccc(C(=O)OCC(=O)N2c3ccccc3CCc3ccccc32)cc1. The number of ether oxygens (including phenoxy) is 1. The van der Waals surface area contributed by atoms with Crippen LogP contribution >= 0.6 is 0 Å². The van der Waals surface area contributed by atoms with E-state index >= 15 is 0 Å². The first-order chi connectivity index (χ1) is 14.5. The fourth-order valence-corrected chi connectivity index (χ4v) is 3.59. The van der Waals surface area contributed by atoms with Crippen LogP contribution in [0.25, 0.3) is 0 Å². The molecule has 0 fully saturated rings. The summed E-state index contributed by atoms with van der Waals surface area (Å²) in [5.74, 6) is -1.56. The average Bonchev–Trinajstić information content (AvgIpc) is 2.94. The van der Waals surface area contributed by atoms with Crippen molar-refractivity contribution in [2.45, 2.75) is 12.8 Å². The molecule has 0 spiro atoms. The predicted octanol–water partition coefficient (Wildman–Crippen LogP) is 3.41. The molecule has 150 valence electrons. The topological polar surface area (TPSA) is 89.7 Å². The Morgan fingerprint density at radius 2 is 1.27 bits per heavy atom. The minimum Gasteiger partial charge on any atom is -0.452 e. The minimum absolute atomic E-state index is 0.240. The van der Waals surface area contributed by atoms with Gasteiger partial charge in [0.2, 0.25) is 5.91 Å².